The van der Waals surface area contributed by atoms with E-state index < -0.39 is 0 Å². The van der Waals surface area contributed by atoms with Crippen LogP contribution in [-0.4, -0.2) is 46.0 Å². The van der Waals surface area contributed by atoms with Gasteiger partial charge in [0, 0.05) is 39.2 Å². The van der Waals surface area contributed by atoms with Gasteiger partial charge in [-0.2, -0.15) is 10.2 Å². The van der Waals surface area contributed by atoms with Gasteiger partial charge in [-0.25, -0.2) is 9.36 Å². The molecule has 2 heterocycles. The Morgan fingerprint density at radius 3 is 1.67 bits per heavy atom. The minimum Gasteiger partial charge on any atom is -1.00 e. The molecule has 0 amide bonds. The number of hydrogen-bond donors (Lipinski definition) is 1. The maximum absolute atomic E-state index is 10.4. The van der Waals surface area contributed by atoms with E-state index in [1.165, 1.54) is 0 Å². The van der Waals surface area contributed by atoms with Crippen molar-refractivity contribution in [2.75, 3.05) is 6.61 Å². The number of nitrogens with zero attached hydrogens (tertiary/aromatic N) is 4. The molecule has 36 heavy (non-hydrogen) atoms. The van der Waals surface area contributed by atoms with Crippen LogP contribution in [0.2, 0.25) is 20.1 Å². The number of carbonyl (C=O) groups is 1. The zero-order chi connectivity index (χ0) is 24.8. The van der Waals surface area contributed by atoms with E-state index >= 15 is 0 Å². The van der Waals surface area contributed by atoms with Crippen LogP contribution < -0.4 is 29.6 Å². The summed E-state index contributed by atoms with van der Waals surface area (Å²) in [5.41, 5.74) is 5.22. The molecular weight excluding hydrogens is 552 g/mol. The Morgan fingerprint density at radius 2 is 1.25 bits per heavy atom. The third-order valence-corrected chi connectivity index (χ3v) is 6.31. The molecule has 4 rings (SSSR count). The van der Waals surface area contributed by atoms with Crippen molar-refractivity contribution in [3.05, 3.63) is 91.4 Å². The first-order valence-electron chi connectivity index (χ1n) is 10.3. The summed E-state index contributed by atoms with van der Waals surface area (Å²) < 4.78 is 3.52. The van der Waals surface area contributed by atoms with Gasteiger partial charge >= 0.3 is 29.6 Å². The Kier molecular flexibility index (Phi) is 13.8. The van der Waals surface area contributed by atoms with Crippen molar-refractivity contribution in [3.8, 4) is 11.4 Å². The van der Waals surface area contributed by atoms with Crippen LogP contribution >= 0.6 is 46.4 Å². The van der Waals surface area contributed by atoms with Crippen LogP contribution in [0.4, 0.5) is 0 Å². The summed E-state index contributed by atoms with van der Waals surface area (Å²) in [6.07, 6.45) is 1.70. The van der Waals surface area contributed by atoms with Crippen molar-refractivity contribution in [2.45, 2.75) is 26.7 Å². The number of aliphatic hydroxyl groups excluding tert-OH is 1. The molecule has 0 aliphatic heterocycles. The summed E-state index contributed by atoms with van der Waals surface area (Å²) in [5.74, 6) is 0. The second kappa shape index (κ2) is 15.2. The van der Waals surface area contributed by atoms with E-state index in [0.29, 0.717) is 32.9 Å². The van der Waals surface area contributed by atoms with Crippen LogP contribution in [0.3, 0.4) is 0 Å². The molecular formula is C24H23BCl4N4NaO2. The summed E-state index contributed by atoms with van der Waals surface area (Å²) in [7, 11) is 0. The summed E-state index contributed by atoms with van der Waals surface area (Å²) in [5, 5.41) is 19.6. The van der Waals surface area contributed by atoms with E-state index in [9.17, 15) is 4.79 Å². The van der Waals surface area contributed by atoms with Crippen LogP contribution in [-0.2, 0) is 17.6 Å². The molecule has 3 radical (unpaired) electrons. The third-order valence-electron chi connectivity index (χ3n) is 4.83. The minimum atomic E-state index is 0. The number of rotatable bonds is 6. The number of aryl methyl sites for hydroxylation is 2. The maximum atomic E-state index is 10.4. The summed E-state index contributed by atoms with van der Waals surface area (Å²) in [4.78, 5) is 10.4. The van der Waals surface area contributed by atoms with Crippen molar-refractivity contribution in [1.82, 2.24) is 19.6 Å². The number of carbonyl (C=O) groups excluding carboxylic acids is 1. The molecule has 0 aliphatic rings. The molecule has 0 fully saturated rings. The van der Waals surface area contributed by atoms with Crippen LogP contribution in [0, 0.1) is 13.8 Å². The van der Waals surface area contributed by atoms with Crippen molar-refractivity contribution < 1.29 is 40.9 Å². The van der Waals surface area contributed by atoms with E-state index in [0.717, 1.165) is 40.4 Å². The van der Waals surface area contributed by atoms with Gasteiger partial charge in [-0.15, -0.1) is 0 Å². The summed E-state index contributed by atoms with van der Waals surface area (Å²) >= 11 is 23.6. The Morgan fingerprint density at radius 1 is 0.806 bits per heavy atom. The Balaban J connectivity index is 0.000000648. The Bertz CT molecular complexity index is 1320. The Labute approximate surface area is 255 Å². The van der Waals surface area contributed by atoms with Gasteiger partial charge in [0.25, 0.3) is 0 Å². The van der Waals surface area contributed by atoms with Gasteiger partial charge in [0.15, 0.2) is 0 Å². The Hall–Kier alpha value is -1.29. The number of benzene rings is 2. The van der Waals surface area contributed by atoms with Gasteiger partial charge in [-0.05, 0) is 62.4 Å². The molecule has 2 aromatic heterocycles. The van der Waals surface area contributed by atoms with Gasteiger partial charge in [-0.1, -0.05) is 46.4 Å². The maximum Gasteiger partial charge on any atom is 1.00 e. The molecule has 183 valence electrons. The zero-order valence-corrected chi connectivity index (χ0v) is 25.1. The van der Waals surface area contributed by atoms with Crippen molar-refractivity contribution in [3.63, 3.8) is 0 Å². The average Bonchev–Trinajstić information content (AvgIpc) is 3.35. The number of aldehydes is 1. The average molecular weight is 575 g/mol. The number of halogens is 4. The normalized spacial score (nSPS) is 10.1. The van der Waals surface area contributed by atoms with E-state index in [1.807, 2.05) is 38.1 Å². The standard InChI is InChI=1S/C12H12Cl2N2O.C12H10Cl2N2O.B.Na.H/c2*1-8-6-9(4-5-17)15-16(8)10-2-3-11(13)12(14)7-10;;;/h2-3,6-7,17H,4-5H2,1H3;2-3,5-7H,4H2,1H3;;;/q;;;+1;-1. The SMILES string of the molecule is Cc1cc(CC=O)nn1-c1ccc(Cl)c(Cl)c1.Cc1cc(CCO)nn1-c1ccc(Cl)c(Cl)c1.[B].[H-].[Na+]. The summed E-state index contributed by atoms with van der Waals surface area (Å²) in [6.45, 7) is 3.97. The van der Waals surface area contributed by atoms with E-state index in [-0.39, 0.29) is 46.0 Å². The van der Waals surface area contributed by atoms with Gasteiger partial charge in [0.2, 0.25) is 0 Å². The molecule has 0 aliphatic carbocycles. The molecule has 12 heteroatoms. The van der Waals surface area contributed by atoms with Crippen LogP contribution in [0.5, 0.6) is 0 Å². The fraction of sp³-hybridized carbons (Fsp3) is 0.208. The van der Waals surface area contributed by atoms with Crippen molar-refractivity contribution in [1.29, 1.82) is 0 Å². The minimum absolute atomic E-state index is 0. The first kappa shape index (κ1) is 32.7. The number of aromatic nitrogens is 4. The molecule has 4 aromatic rings. The molecule has 0 spiro atoms. The second-order valence-electron chi connectivity index (χ2n) is 7.42. The van der Waals surface area contributed by atoms with Crippen LogP contribution in [0.25, 0.3) is 11.4 Å². The topological polar surface area (TPSA) is 72.9 Å². The second-order valence-corrected chi connectivity index (χ2v) is 9.05. The fourth-order valence-electron chi connectivity index (χ4n) is 3.26. The van der Waals surface area contributed by atoms with Gasteiger partial charge in [0.05, 0.1) is 42.9 Å². The molecule has 0 bridgehead atoms. The molecule has 2 aromatic carbocycles. The van der Waals surface area contributed by atoms with E-state index in [2.05, 4.69) is 10.2 Å². The van der Waals surface area contributed by atoms with Gasteiger partial charge in [-0.3, -0.25) is 0 Å². The molecule has 0 unspecified atom stereocenters. The molecule has 0 saturated heterocycles. The van der Waals surface area contributed by atoms with E-state index in [4.69, 9.17) is 51.5 Å². The fourth-order valence-corrected chi connectivity index (χ4v) is 3.84. The molecule has 6 nitrogen and oxygen atoms in total. The zero-order valence-electron chi connectivity index (χ0n) is 21.1. The van der Waals surface area contributed by atoms with Gasteiger partial charge in [0.1, 0.15) is 6.29 Å². The smallest absolute Gasteiger partial charge is 1.00 e. The number of aliphatic hydroxyl groups is 1. The number of hydrogen-bond acceptors (Lipinski definition) is 4. The quantitative estimate of drug-likeness (QED) is 0.284. The van der Waals surface area contributed by atoms with Crippen molar-refractivity contribution >= 4 is 61.1 Å². The van der Waals surface area contributed by atoms with Gasteiger partial charge < -0.3 is 11.3 Å². The van der Waals surface area contributed by atoms with Crippen molar-refractivity contribution in [2.24, 2.45) is 0 Å². The molecule has 0 atom stereocenters. The molecule has 0 saturated carbocycles. The third kappa shape index (κ3) is 8.37. The predicted molar refractivity (Wildman–Crippen MR) is 144 cm³/mol. The largest absolute Gasteiger partial charge is 1.00 e. The first-order valence-corrected chi connectivity index (χ1v) is 11.8. The monoisotopic (exact) mass is 573 g/mol. The predicted octanol–water partition coefficient (Wildman–Crippen LogP) is 2.99. The molecule has 1 N–H and O–H groups in total. The van der Waals surface area contributed by atoms with E-state index in [1.54, 1.807) is 33.6 Å². The summed E-state index contributed by atoms with van der Waals surface area (Å²) in [6, 6.07) is 14.5. The van der Waals surface area contributed by atoms with Crippen LogP contribution in [0.1, 0.15) is 24.2 Å². The van der Waals surface area contributed by atoms with Crippen LogP contribution in [0.15, 0.2) is 48.5 Å². The first-order chi connectivity index (χ1) is 16.2.